The molecule has 0 aromatic carbocycles. The number of nitrogens with zero attached hydrogens (tertiary/aromatic N) is 2. The van der Waals surface area contributed by atoms with Crippen molar-refractivity contribution in [3.8, 4) is 0 Å². The standard InChI is InChI=1S/C13H27N3O2/c1-2-13-11-16(7-8-18-13)10-12(17)9-15-5-3-14-4-6-15/h12-14,17H,2-11H2,1H3. The molecule has 18 heavy (non-hydrogen) atoms. The number of nitrogens with one attached hydrogen (secondary N) is 1. The summed E-state index contributed by atoms with van der Waals surface area (Å²) in [5.74, 6) is 0. The van der Waals surface area contributed by atoms with Gasteiger partial charge in [0.1, 0.15) is 0 Å². The van der Waals surface area contributed by atoms with Crippen molar-refractivity contribution in [3.05, 3.63) is 0 Å². The molecule has 2 unspecified atom stereocenters. The topological polar surface area (TPSA) is 48.0 Å². The van der Waals surface area contributed by atoms with Gasteiger partial charge in [-0.25, -0.2) is 0 Å². The lowest BCUT2D eigenvalue weighted by Gasteiger charge is -2.35. The van der Waals surface area contributed by atoms with Crippen molar-refractivity contribution >= 4 is 0 Å². The zero-order chi connectivity index (χ0) is 12.8. The predicted octanol–water partition coefficient (Wildman–Crippen LogP) is -0.637. The van der Waals surface area contributed by atoms with Crippen LogP contribution in [0.2, 0.25) is 0 Å². The highest BCUT2D eigenvalue weighted by atomic mass is 16.5. The van der Waals surface area contributed by atoms with Crippen molar-refractivity contribution in [2.24, 2.45) is 0 Å². The lowest BCUT2D eigenvalue weighted by atomic mass is 10.2. The molecule has 2 aliphatic heterocycles. The van der Waals surface area contributed by atoms with E-state index in [0.29, 0.717) is 6.10 Å². The molecule has 106 valence electrons. The molecular weight excluding hydrogens is 230 g/mol. The predicted molar refractivity (Wildman–Crippen MR) is 71.8 cm³/mol. The number of aliphatic hydroxyl groups is 1. The van der Waals surface area contributed by atoms with Gasteiger partial charge in [0.15, 0.2) is 0 Å². The molecule has 5 heteroatoms. The van der Waals surface area contributed by atoms with Gasteiger partial charge in [0.25, 0.3) is 0 Å². The van der Waals surface area contributed by atoms with Gasteiger partial charge in [-0.3, -0.25) is 9.80 Å². The summed E-state index contributed by atoms with van der Waals surface area (Å²) in [6.07, 6.45) is 1.17. The molecule has 2 fully saturated rings. The fourth-order valence-electron chi connectivity index (χ4n) is 2.74. The zero-order valence-electron chi connectivity index (χ0n) is 11.5. The third kappa shape index (κ3) is 4.48. The van der Waals surface area contributed by atoms with Gasteiger partial charge in [-0.05, 0) is 6.42 Å². The van der Waals surface area contributed by atoms with E-state index in [4.69, 9.17) is 4.74 Å². The minimum Gasteiger partial charge on any atom is -0.390 e. The molecule has 5 nitrogen and oxygen atoms in total. The highest BCUT2D eigenvalue weighted by Gasteiger charge is 2.22. The van der Waals surface area contributed by atoms with Crippen LogP contribution in [0.1, 0.15) is 13.3 Å². The first-order chi connectivity index (χ1) is 8.78. The summed E-state index contributed by atoms with van der Waals surface area (Å²) in [7, 11) is 0. The Bertz CT molecular complexity index is 234. The molecule has 2 aliphatic rings. The van der Waals surface area contributed by atoms with Gasteiger partial charge in [-0.2, -0.15) is 0 Å². The molecule has 0 aromatic rings. The van der Waals surface area contributed by atoms with Crippen LogP contribution in [-0.4, -0.2) is 86.1 Å². The maximum atomic E-state index is 10.2. The molecule has 0 saturated carbocycles. The Morgan fingerprint density at radius 2 is 1.94 bits per heavy atom. The smallest absolute Gasteiger partial charge is 0.0793 e. The van der Waals surface area contributed by atoms with E-state index in [1.807, 2.05) is 0 Å². The van der Waals surface area contributed by atoms with Gasteiger partial charge in [-0.1, -0.05) is 6.92 Å². The monoisotopic (exact) mass is 257 g/mol. The normalized spacial score (nSPS) is 29.3. The summed E-state index contributed by atoms with van der Waals surface area (Å²) in [5, 5.41) is 13.5. The number of morpholine rings is 1. The average molecular weight is 257 g/mol. The average Bonchev–Trinajstić information content (AvgIpc) is 2.40. The van der Waals surface area contributed by atoms with Gasteiger partial charge >= 0.3 is 0 Å². The molecular formula is C13H27N3O2. The molecule has 0 aromatic heterocycles. The van der Waals surface area contributed by atoms with Crippen LogP contribution in [0.3, 0.4) is 0 Å². The molecule has 2 atom stereocenters. The van der Waals surface area contributed by atoms with Crippen molar-refractivity contribution < 1.29 is 9.84 Å². The van der Waals surface area contributed by atoms with Crippen LogP contribution in [0.25, 0.3) is 0 Å². The Morgan fingerprint density at radius 1 is 1.22 bits per heavy atom. The molecule has 0 aliphatic carbocycles. The molecule has 2 heterocycles. The lowest BCUT2D eigenvalue weighted by molar-refractivity contribution is -0.0445. The number of β-amino-alcohol motifs (C(OH)–C–C–N with tert-alkyl or cyclic N) is 1. The minimum absolute atomic E-state index is 0.237. The van der Waals surface area contributed by atoms with Gasteiger partial charge < -0.3 is 15.2 Å². The van der Waals surface area contributed by atoms with Crippen LogP contribution in [0, 0.1) is 0 Å². The molecule has 2 N–H and O–H groups in total. The van der Waals surface area contributed by atoms with Gasteiger partial charge in [0.2, 0.25) is 0 Å². The third-order valence-corrected chi connectivity index (χ3v) is 3.83. The Hall–Kier alpha value is -0.200. The van der Waals surface area contributed by atoms with E-state index in [-0.39, 0.29) is 6.10 Å². The Kier molecular flexibility index (Phi) is 5.85. The van der Waals surface area contributed by atoms with Crippen LogP contribution in [0.5, 0.6) is 0 Å². The van der Waals surface area contributed by atoms with Crippen molar-refractivity contribution in [1.82, 2.24) is 15.1 Å². The fourth-order valence-corrected chi connectivity index (χ4v) is 2.74. The number of hydrogen-bond donors (Lipinski definition) is 2. The van der Waals surface area contributed by atoms with E-state index in [0.717, 1.165) is 65.4 Å². The quantitative estimate of drug-likeness (QED) is 0.686. The summed E-state index contributed by atoms with van der Waals surface area (Å²) in [6, 6.07) is 0. The number of hydrogen-bond acceptors (Lipinski definition) is 5. The highest BCUT2D eigenvalue weighted by molar-refractivity contribution is 4.76. The van der Waals surface area contributed by atoms with Crippen molar-refractivity contribution in [2.45, 2.75) is 25.6 Å². The second kappa shape index (κ2) is 7.40. The molecule has 2 rings (SSSR count). The van der Waals surface area contributed by atoms with Crippen LogP contribution < -0.4 is 5.32 Å². The molecule has 0 radical (unpaired) electrons. The first-order valence-electron chi connectivity index (χ1n) is 7.23. The van der Waals surface area contributed by atoms with E-state index >= 15 is 0 Å². The Morgan fingerprint density at radius 3 is 2.67 bits per heavy atom. The first-order valence-corrected chi connectivity index (χ1v) is 7.23. The summed E-state index contributed by atoms with van der Waals surface area (Å²) in [6.45, 7) is 10.7. The summed E-state index contributed by atoms with van der Waals surface area (Å²) in [4.78, 5) is 4.68. The van der Waals surface area contributed by atoms with E-state index < -0.39 is 0 Å². The van der Waals surface area contributed by atoms with E-state index in [2.05, 4.69) is 22.0 Å². The first kappa shape index (κ1) is 14.2. The molecule has 0 amide bonds. The van der Waals surface area contributed by atoms with Crippen LogP contribution in [0.4, 0.5) is 0 Å². The maximum absolute atomic E-state index is 10.2. The molecule has 0 spiro atoms. The fraction of sp³-hybridized carbons (Fsp3) is 1.00. The van der Waals surface area contributed by atoms with Gasteiger partial charge in [-0.15, -0.1) is 0 Å². The Balaban J connectivity index is 1.67. The number of aliphatic hydroxyl groups excluding tert-OH is 1. The number of ether oxygens (including phenoxy) is 1. The maximum Gasteiger partial charge on any atom is 0.0793 e. The Labute approximate surface area is 110 Å². The zero-order valence-corrected chi connectivity index (χ0v) is 11.5. The van der Waals surface area contributed by atoms with Gasteiger partial charge in [0, 0.05) is 52.4 Å². The van der Waals surface area contributed by atoms with E-state index in [9.17, 15) is 5.11 Å². The molecule has 2 saturated heterocycles. The number of rotatable bonds is 5. The number of piperazine rings is 1. The molecule has 0 bridgehead atoms. The van der Waals surface area contributed by atoms with Crippen molar-refractivity contribution in [3.63, 3.8) is 0 Å². The van der Waals surface area contributed by atoms with Gasteiger partial charge in [0.05, 0.1) is 18.8 Å². The SMILES string of the molecule is CCC1CN(CC(O)CN2CCNCC2)CCO1. The minimum atomic E-state index is -0.237. The van der Waals surface area contributed by atoms with E-state index in [1.165, 1.54) is 0 Å². The van der Waals surface area contributed by atoms with Crippen molar-refractivity contribution in [2.75, 3.05) is 59.0 Å². The summed E-state index contributed by atoms with van der Waals surface area (Å²) < 4.78 is 5.65. The van der Waals surface area contributed by atoms with Crippen LogP contribution >= 0.6 is 0 Å². The summed E-state index contributed by atoms with van der Waals surface area (Å²) >= 11 is 0. The second-order valence-electron chi connectivity index (χ2n) is 5.37. The summed E-state index contributed by atoms with van der Waals surface area (Å²) in [5.41, 5.74) is 0. The second-order valence-corrected chi connectivity index (χ2v) is 5.37. The van der Waals surface area contributed by atoms with E-state index in [1.54, 1.807) is 0 Å². The van der Waals surface area contributed by atoms with Crippen molar-refractivity contribution in [1.29, 1.82) is 0 Å². The largest absolute Gasteiger partial charge is 0.390 e. The lowest BCUT2D eigenvalue weighted by Crippen LogP contribution is -2.50. The van der Waals surface area contributed by atoms with Crippen LogP contribution in [0.15, 0.2) is 0 Å². The third-order valence-electron chi connectivity index (χ3n) is 3.83. The van der Waals surface area contributed by atoms with Crippen LogP contribution in [-0.2, 0) is 4.74 Å². The highest BCUT2D eigenvalue weighted by Crippen LogP contribution is 2.09.